The molecule has 1 N–H and O–H groups in total. The fraction of sp³-hybridized carbons (Fsp3) is 0.348. The van der Waals surface area contributed by atoms with E-state index in [1.54, 1.807) is 33.5 Å². The lowest BCUT2D eigenvalue weighted by atomic mass is 10.0. The number of amides is 1. The van der Waals surface area contributed by atoms with Gasteiger partial charge in [0.1, 0.15) is 0 Å². The van der Waals surface area contributed by atoms with Crippen LogP contribution in [-0.4, -0.2) is 27.2 Å². The normalized spacial score (nSPS) is 13.9. The average Bonchev–Trinajstić information content (AvgIpc) is 3.19. The maximum Gasteiger partial charge on any atom is 0.244 e. The maximum absolute atomic E-state index is 12.4. The lowest BCUT2D eigenvalue weighted by molar-refractivity contribution is -0.117. The highest BCUT2D eigenvalue weighted by atomic mass is 16.5. The Hall–Kier alpha value is -2.95. The van der Waals surface area contributed by atoms with Gasteiger partial charge in [0, 0.05) is 11.6 Å². The fourth-order valence-electron chi connectivity index (χ4n) is 3.63. The van der Waals surface area contributed by atoms with Crippen LogP contribution < -0.4 is 19.5 Å². The van der Waals surface area contributed by atoms with E-state index in [0.29, 0.717) is 17.2 Å². The second-order valence-corrected chi connectivity index (χ2v) is 6.87. The molecule has 0 fully saturated rings. The van der Waals surface area contributed by atoms with Gasteiger partial charge in [0.2, 0.25) is 11.7 Å². The van der Waals surface area contributed by atoms with E-state index in [1.165, 1.54) is 23.6 Å². The highest BCUT2D eigenvalue weighted by Crippen LogP contribution is 2.40. The molecule has 2 aromatic rings. The number of nitrogens with one attached hydrogen (secondary N) is 1. The molecule has 5 heteroatoms. The van der Waals surface area contributed by atoms with Gasteiger partial charge in [-0.15, -0.1) is 0 Å². The molecule has 0 aromatic heterocycles. The van der Waals surface area contributed by atoms with Crippen LogP contribution in [0.5, 0.6) is 17.2 Å². The highest BCUT2D eigenvalue weighted by molar-refractivity contribution is 5.92. The van der Waals surface area contributed by atoms with Crippen LogP contribution in [0.15, 0.2) is 36.4 Å². The third kappa shape index (κ3) is 4.14. The molecular formula is C23H27NO4. The topological polar surface area (TPSA) is 56.8 Å². The lowest BCUT2D eigenvalue weighted by Crippen LogP contribution is -2.24. The molecule has 5 nitrogen and oxygen atoms in total. The van der Waals surface area contributed by atoms with E-state index in [2.05, 4.69) is 23.5 Å². The van der Waals surface area contributed by atoms with E-state index in [1.807, 2.05) is 13.0 Å². The Balaban J connectivity index is 1.71. The van der Waals surface area contributed by atoms with Crippen molar-refractivity contribution < 1.29 is 19.0 Å². The summed E-state index contributed by atoms with van der Waals surface area (Å²) in [6.45, 7) is 2.00. The molecule has 3 rings (SSSR count). The number of fused-ring (bicyclic) bond motifs is 1. The van der Waals surface area contributed by atoms with Crippen molar-refractivity contribution in [2.24, 2.45) is 0 Å². The summed E-state index contributed by atoms with van der Waals surface area (Å²) >= 11 is 0. The Bertz CT molecular complexity index is 888. The van der Waals surface area contributed by atoms with Gasteiger partial charge < -0.3 is 19.5 Å². The number of hydrogen-bond acceptors (Lipinski definition) is 4. The zero-order valence-electron chi connectivity index (χ0n) is 16.9. The zero-order chi connectivity index (χ0) is 20.1. The summed E-state index contributed by atoms with van der Waals surface area (Å²) in [5.74, 6) is 1.44. The van der Waals surface area contributed by atoms with Crippen LogP contribution in [0.25, 0.3) is 6.08 Å². The molecule has 0 radical (unpaired) electrons. The Morgan fingerprint density at radius 1 is 1.00 bits per heavy atom. The number of rotatable bonds is 7. The number of carbonyl (C=O) groups excluding carboxylic acids is 1. The van der Waals surface area contributed by atoms with Crippen LogP contribution in [0.3, 0.4) is 0 Å². The van der Waals surface area contributed by atoms with Crippen LogP contribution in [0.4, 0.5) is 0 Å². The molecular weight excluding hydrogens is 354 g/mol. The molecule has 0 heterocycles. The molecule has 1 atom stereocenters. The summed E-state index contributed by atoms with van der Waals surface area (Å²) in [7, 11) is 4.68. The Kier molecular flexibility index (Phi) is 6.24. The standard InChI is InChI=1S/C23H27NO4/c1-15(18-9-8-16-6-5-7-19(16)14-18)24-21(25)13-11-17-10-12-20(26-2)23(28-4)22(17)27-3/h8-15H,5-7H2,1-4H3,(H,24,25)/b13-11+/t15-/m0/s1. The largest absolute Gasteiger partial charge is 0.493 e. The van der Waals surface area contributed by atoms with Crippen LogP contribution >= 0.6 is 0 Å². The summed E-state index contributed by atoms with van der Waals surface area (Å²) in [5, 5.41) is 3.02. The number of carbonyl (C=O) groups is 1. The minimum absolute atomic E-state index is 0.0599. The molecule has 2 aromatic carbocycles. The molecule has 1 aliphatic rings. The zero-order valence-corrected chi connectivity index (χ0v) is 16.9. The van der Waals surface area contributed by atoms with Crippen molar-refractivity contribution in [1.29, 1.82) is 0 Å². The van der Waals surface area contributed by atoms with Gasteiger partial charge in [-0.05, 0) is 61.1 Å². The van der Waals surface area contributed by atoms with Crippen molar-refractivity contribution in [2.45, 2.75) is 32.2 Å². The summed E-state index contributed by atoms with van der Waals surface area (Å²) < 4.78 is 16.1. The van der Waals surface area contributed by atoms with Gasteiger partial charge >= 0.3 is 0 Å². The molecule has 0 saturated heterocycles. The summed E-state index contributed by atoms with van der Waals surface area (Å²) in [5.41, 5.74) is 4.71. The lowest BCUT2D eigenvalue weighted by Gasteiger charge is -2.15. The van der Waals surface area contributed by atoms with Gasteiger partial charge in [0.25, 0.3) is 0 Å². The average molecular weight is 381 g/mol. The van der Waals surface area contributed by atoms with E-state index < -0.39 is 0 Å². The van der Waals surface area contributed by atoms with Crippen LogP contribution in [0, 0.1) is 0 Å². The summed E-state index contributed by atoms with van der Waals surface area (Å²) in [6.07, 6.45) is 6.73. The van der Waals surface area contributed by atoms with E-state index in [0.717, 1.165) is 24.0 Å². The minimum atomic E-state index is -0.162. The predicted octanol–water partition coefficient (Wildman–Crippen LogP) is 4.09. The van der Waals surface area contributed by atoms with E-state index in [-0.39, 0.29) is 11.9 Å². The van der Waals surface area contributed by atoms with Crippen molar-refractivity contribution in [3.05, 3.63) is 58.7 Å². The van der Waals surface area contributed by atoms with Crippen molar-refractivity contribution in [2.75, 3.05) is 21.3 Å². The number of aryl methyl sites for hydroxylation is 2. The summed E-state index contributed by atoms with van der Waals surface area (Å²) in [6, 6.07) is 10.1. The highest BCUT2D eigenvalue weighted by Gasteiger charge is 2.16. The van der Waals surface area contributed by atoms with Gasteiger partial charge in [0.15, 0.2) is 11.5 Å². The second-order valence-electron chi connectivity index (χ2n) is 6.87. The van der Waals surface area contributed by atoms with Gasteiger partial charge in [-0.1, -0.05) is 18.2 Å². The van der Waals surface area contributed by atoms with Crippen molar-refractivity contribution in [3.63, 3.8) is 0 Å². The molecule has 0 bridgehead atoms. The van der Waals surface area contributed by atoms with Crippen molar-refractivity contribution >= 4 is 12.0 Å². The molecule has 1 aliphatic carbocycles. The fourth-order valence-corrected chi connectivity index (χ4v) is 3.63. The molecule has 0 aliphatic heterocycles. The number of ether oxygens (including phenoxy) is 3. The second kappa shape index (κ2) is 8.83. The monoisotopic (exact) mass is 381 g/mol. The first-order valence-corrected chi connectivity index (χ1v) is 9.46. The first kappa shape index (κ1) is 19.8. The number of methoxy groups -OCH3 is 3. The third-order valence-electron chi connectivity index (χ3n) is 5.13. The van der Waals surface area contributed by atoms with Crippen LogP contribution in [0.2, 0.25) is 0 Å². The van der Waals surface area contributed by atoms with E-state index >= 15 is 0 Å². The number of hydrogen-bond donors (Lipinski definition) is 1. The first-order valence-electron chi connectivity index (χ1n) is 9.46. The molecule has 0 spiro atoms. The molecule has 1 amide bonds. The van der Waals surface area contributed by atoms with Gasteiger partial charge in [-0.25, -0.2) is 0 Å². The summed E-state index contributed by atoms with van der Waals surface area (Å²) in [4.78, 5) is 12.4. The van der Waals surface area contributed by atoms with E-state index in [9.17, 15) is 4.79 Å². The van der Waals surface area contributed by atoms with Gasteiger partial charge in [0.05, 0.1) is 27.4 Å². The molecule has 0 saturated carbocycles. The first-order chi connectivity index (χ1) is 13.6. The van der Waals surface area contributed by atoms with Crippen molar-refractivity contribution in [1.82, 2.24) is 5.32 Å². The Morgan fingerprint density at radius 2 is 1.75 bits per heavy atom. The minimum Gasteiger partial charge on any atom is -0.493 e. The third-order valence-corrected chi connectivity index (χ3v) is 5.13. The number of benzene rings is 2. The SMILES string of the molecule is COc1ccc(/C=C/C(=O)N[C@@H](C)c2ccc3c(c2)CCC3)c(OC)c1OC. The Labute approximate surface area is 166 Å². The molecule has 148 valence electrons. The van der Waals surface area contributed by atoms with Gasteiger partial charge in [-0.2, -0.15) is 0 Å². The predicted molar refractivity (Wildman–Crippen MR) is 110 cm³/mol. The quantitative estimate of drug-likeness (QED) is 0.734. The van der Waals surface area contributed by atoms with Crippen LogP contribution in [-0.2, 0) is 17.6 Å². The van der Waals surface area contributed by atoms with Crippen LogP contribution in [0.1, 0.15) is 41.6 Å². The smallest absolute Gasteiger partial charge is 0.244 e. The maximum atomic E-state index is 12.4. The van der Waals surface area contributed by atoms with Gasteiger partial charge in [-0.3, -0.25) is 4.79 Å². The Morgan fingerprint density at radius 3 is 2.46 bits per heavy atom. The molecule has 0 unspecified atom stereocenters. The molecule has 28 heavy (non-hydrogen) atoms. The van der Waals surface area contributed by atoms with E-state index in [4.69, 9.17) is 14.2 Å². The van der Waals surface area contributed by atoms with Crippen molar-refractivity contribution in [3.8, 4) is 17.2 Å².